The molecule has 3 atom stereocenters. The van der Waals surface area contributed by atoms with Crippen molar-refractivity contribution in [2.24, 2.45) is 5.73 Å². The van der Waals surface area contributed by atoms with Gasteiger partial charge >= 0.3 is 23.4 Å². The highest BCUT2D eigenvalue weighted by molar-refractivity contribution is 6.38. The van der Waals surface area contributed by atoms with Gasteiger partial charge in [0.25, 0.3) is 0 Å². The molecule has 1 aliphatic heterocycles. The number of aliphatic hydroxyl groups excluding tert-OH is 2. The second kappa shape index (κ2) is 5.98. The number of nitrogens with two attached hydrogens (primary N) is 1. The first-order chi connectivity index (χ1) is 10.7. The minimum Gasteiger partial charge on any atom is -0.394 e. The van der Waals surface area contributed by atoms with Gasteiger partial charge in [-0.05, 0) is 6.07 Å². The standard InChI is InChI=1S/C11H12F2N4O6/c12-11(13)6(19)4(3-18)23-9(11)17-2-1-5(16-10(17)22)15-8(21)7(14)20/h1-2,4,6,9,18-19H,3H2,(H2,14,20)(H,15,16,21,22)/t4-,6-,9-/m1/s1. The van der Waals surface area contributed by atoms with Crippen LogP contribution in [0.1, 0.15) is 6.23 Å². The molecule has 2 amide bonds. The van der Waals surface area contributed by atoms with Crippen LogP contribution in [0.25, 0.3) is 0 Å². The van der Waals surface area contributed by atoms with Gasteiger partial charge in [0.2, 0.25) is 6.23 Å². The van der Waals surface area contributed by atoms with Gasteiger partial charge in [-0.15, -0.1) is 0 Å². The normalized spacial score (nSPS) is 26.0. The maximum absolute atomic E-state index is 13.9. The van der Waals surface area contributed by atoms with Crippen LogP contribution in [0.3, 0.4) is 0 Å². The van der Waals surface area contributed by atoms with E-state index in [9.17, 15) is 28.3 Å². The van der Waals surface area contributed by atoms with Crippen molar-refractivity contribution in [2.75, 3.05) is 11.9 Å². The number of hydrogen-bond acceptors (Lipinski definition) is 7. The van der Waals surface area contributed by atoms with Gasteiger partial charge in [-0.25, -0.2) is 4.79 Å². The Labute approximate surface area is 126 Å². The van der Waals surface area contributed by atoms with E-state index in [2.05, 4.69) is 4.98 Å². The topological polar surface area (TPSA) is 157 Å². The van der Waals surface area contributed by atoms with E-state index in [0.29, 0.717) is 4.57 Å². The summed E-state index contributed by atoms with van der Waals surface area (Å²) in [5, 5.41) is 20.2. The number of carbonyl (C=O) groups excluding carboxylic acids is 2. The highest BCUT2D eigenvalue weighted by Gasteiger charge is 2.59. The first kappa shape index (κ1) is 16.9. The highest BCUT2D eigenvalue weighted by atomic mass is 19.3. The van der Waals surface area contributed by atoms with Crippen molar-refractivity contribution < 1.29 is 33.3 Å². The number of carbonyl (C=O) groups is 2. The Hall–Kier alpha value is -2.44. The van der Waals surface area contributed by atoms with Crippen LogP contribution in [0, 0.1) is 0 Å². The molecule has 126 valence electrons. The van der Waals surface area contributed by atoms with E-state index in [1.165, 1.54) is 0 Å². The fraction of sp³-hybridized carbons (Fsp3) is 0.455. The lowest BCUT2D eigenvalue weighted by Crippen LogP contribution is -2.42. The molecule has 0 spiro atoms. The predicted molar refractivity (Wildman–Crippen MR) is 68.3 cm³/mol. The number of amides is 2. The van der Waals surface area contributed by atoms with Gasteiger partial charge in [0.05, 0.1) is 6.61 Å². The summed E-state index contributed by atoms with van der Waals surface area (Å²) in [4.78, 5) is 36.7. The zero-order valence-electron chi connectivity index (χ0n) is 11.3. The zero-order chi connectivity index (χ0) is 17.4. The molecule has 10 nitrogen and oxygen atoms in total. The Morgan fingerprint density at radius 3 is 2.65 bits per heavy atom. The van der Waals surface area contributed by atoms with Gasteiger partial charge in [0, 0.05) is 6.20 Å². The number of anilines is 1. The van der Waals surface area contributed by atoms with Crippen molar-refractivity contribution in [3.63, 3.8) is 0 Å². The lowest BCUT2D eigenvalue weighted by molar-refractivity contribution is -0.141. The van der Waals surface area contributed by atoms with E-state index >= 15 is 0 Å². The molecular weight excluding hydrogens is 322 g/mol. The molecule has 23 heavy (non-hydrogen) atoms. The molecule has 1 saturated heterocycles. The van der Waals surface area contributed by atoms with Crippen LogP contribution in [-0.4, -0.2) is 56.3 Å². The van der Waals surface area contributed by atoms with Crippen molar-refractivity contribution in [2.45, 2.75) is 24.4 Å². The highest BCUT2D eigenvalue weighted by Crippen LogP contribution is 2.41. The van der Waals surface area contributed by atoms with Crippen molar-refractivity contribution in [1.29, 1.82) is 0 Å². The fourth-order valence-electron chi connectivity index (χ4n) is 1.96. The van der Waals surface area contributed by atoms with Crippen molar-refractivity contribution in [1.82, 2.24) is 9.55 Å². The number of rotatable bonds is 3. The molecule has 12 heteroatoms. The molecule has 1 aromatic rings. The molecule has 0 radical (unpaired) electrons. The summed E-state index contributed by atoms with van der Waals surface area (Å²) in [5.74, 6) is -6.80. The quantitative estimate of drug-likeness (QED) is 0.447. The molecule has 2 rings (SSSR count). The number of nitrogens with zero attached hydrogens (tertiary/aromatic N) is 2. The second-order valence-corrected chi connectivity index (χ2v) is 4.65. The van der Waals surface area contributed by atoms with E-state index in [1.807, 2.05) is 5.32 Å². The Morgan fingerprint density at radius 1 is 1.52 bits per heavy atom. The maximum Gasteiger partial charge on any atom is 0.351 e. The summed E-state index contributed by atoms with van der Waals surface area (Å²) in [6.07, 6.45) is -5.23. The molecule has 2 heterocycles. The lowest BCUT2D eigenvalue weighted by atomic mass is 10.1. The summed E-state index contributed by atoms with van der Waals surface area (Å²) in [5.41, 5.74) is 3.47. The summed E-state index contributed by atoms with van der Waals surface area (Å²) >= 11 is 0. The predicted octanol–water partition coefficient (Wildman–Crippen LogP) is -2.45. The van der Waals surface area contributed by atoms with E-state index in [1.54, 1.807) is 0 Å². The summed E-state index contributed by atoms with van der Waals surface area (Å²) in [6.45, 7) is -0.873. The number of aromatic nitrogens is 2. The third kappa shape index (κ3) is 3.04. The first-order valence-corrected chi connectivity index (χ1v) is 6.20. The van der Waals surface area contributed by atoms with Crippen molar-refractivity contribution in [3.8, 4) is 0 Å². The number of hydrogen-bond donors (Lipinski definition) is 4. The van der Waals surface area contributed by atoms with Gasteiger partial charge < -0.3 is 26.0 Å². The molecule has 5 N–H and O–H groups in total. The lowest BCUT2D eigenvalue weighted by Gasteiger charge is -2.21. The van der Waals surface area contributed by atoms with Crippen molar-refractivity contribution in [3.05, 3.63) is 22.7 Å². The Bertz CT molecular complexity index is 693. The van der Waals surface area contributed by atoms with Crippen molar-refractivity contribution >= 4 is 17.6 Å². The molecule has 0 bridgehead atoms. The number of halogens is 2. The summed E-state index contributed by atoms with van der Waals surface area (Å²) < 4.78 is 33.0. The second-order valence-electron chi connectivity index (χ2n) is 4.65. The van der Waals surface area contributed by atoms with Crippen LogP contribution in [-0.2, 0) is 14.3 Å². The Balaban J connectivity index is 2.30. The first-order valence-electron chi connectivity index (χ1n) is 6.20. The molecule has 1 fully saturated rings. The molecular formula is C11H12F2N4O6. The number of nitrogens with one attached hydrogen (secondary N) is 1. The maximum atomic E-state index is 13.9. The van der Waals surface area contributed by atoms with E-state index in [0.717, 1.165) is 12.3 Å². The molecule has 0 saturated carbocycles. The molecule has 0 unspecified atom stereocenters. The van der Waals surface area contributed by atoms with E-state index < -0.39 is 48.5 Å². The van der Waals surface area contributed by atoms with Gasteiger partial charge in [-0.1, -0.05) is 0 Å². The third-order valence-corrected chi connectivity index (χ3v) is 3.11. The number of alkyl halides is 2. The molecule has 0 aromatic carbocycles. The van der Waals surface area contributed by atoms with Crippen LogP contribution in [0.4, 0.5) is 14.6 Å². The summed E-state index contributed by atoms with van der Waals surface area (Å²) in [7, 11) is 0. The molecule has 1 aromatic heterocycles. The van der Waals surface area contributed by atoms with Crippen LogP contribution < -0.4 is 16.7 Å². The van der Waals surface area contributed by atoms with Gasteiger partial charge in [0.15, 0.2) is 6.10 Å². The van der Waals surface area contributed by atoms with Gasteiger partial charge in [-0.2, -0.15) is 13.8 Å². The molecule has 1 aliphatic rings. The SMILES string of the molecule is NC(=O)C(=O)Nc1ccn([C@@H]2O[C@H](CO)[C@@H](O)C2(F)F)c(=O)n1. The van der Waals surface area contributed by atoms with Crippen LogP contribution >= 0.6 is 0 Å². The minimum absolute atomic E-state index is 0.379. The number of aliphatic hydroxyl groups is 2. The smallest absolute Gasteiger partial charge is 0.351 e. The third-order valence-electron chi connectivity index (χ3n) is 3.11. The van der Waals surface area contributed by atoms with E-state index in [4.69, 9.17) is 15.6 Å². The molecule has 0 aliphatic carbocycles. The van der Waals surface area contributed by atoms with E-state index in [-0.39, 0.29) is 5.82 Å². The monoisotopic (exact) mass is 334 g/mol. The minimum atomic E-state index is -3.85. The van der Waals surface area contributed by atoms with Gasteiger partial charge in [-0.3, -0.25) is 14.2 Å². The number of primary amides is 1. The van der Waals surface area contributed by atoms with Crippen LogP contribution in [0.2, 0.25) is 0 Å². The Morgan fingerprint density at radius 2 is 2.17 bits per heavy atom. The Kier molecular flexibility index (Phi) is 4.40. The van der Waals surface area contributed by atoms with Gasteiger partial charge in [0.1, 0.15) is 11.9 Å². The average molecular weight is 334 g/mol. The zero-order valence-corrected chi connectivity index (χ0v) is 11.3. The average Bonchev–Trinajstić information content (AvgIpc) is 2.70. The largest absolute Gasteiger partial charge is 0.394 e. The fourth-order valence-corrected chi connectivity index (χ4v) is 1.96. The summed E-state index contributed by atoms with van der Waals surface area (Å²) in [6, 6.07) is 0.959. The van der Waals surface area contributed by atoms with Crippen LogP contribution in [0.5, 0.6) is 0 Å². The van der Waals surface area contributed by atoms with Crippen LogP contribution in [0.15, 0.2) is 17.1 Å². The number of ether oxygens (including phenoxy) is 1.